The van der Waals surface area contributed by atoms with Crippen LogP contribution in [0, 0.1) is 0 Å². The fourth-order valence-electron chi connectivity index (χ4n) is 10.9. The Bertz CT molecular complexity index is 4090. The maximum absolute atomic E-state index is 14.2. The number of benzene rings is 4. The van der Waals surface area contributed by atoms with Crippen molar-refractivity contribution < 1.29 is 93.8 Å². The number of carbonyl (C=O) groups is 5. The van der Waals surface area contributed by atoms with Gasteiger partial charge in [0.15, 0.2) is 6.29 Å². The molecule has 97 heavy (non-hydrogen) atoms. The Labute approximate surface area is 561 Å². The van der Waals surface area contributed by atoms with Gasteiger partial charge in [0.25, 0.3) is 19.6 Å². The minimum atomic E-state index is -5.78. The first kappa shape index (κ1) is 73.4. The molecule has 10 N–H and O–H groups in total. The number of nitrogens with two attached hydrogens (primary N) is 1. The average molecular weight is 1420 g/mol. The smallest absolute Gasteiger partial charge is 0.487 e. The average Bonchev–Trinajstić information content (AvgIpc) is 1.52. The number of para-hydroxylation sites is 1. The third-order valence-corrected chi connectivity index (χ3v) is 20.2. The van der Waals surface area contributed by atoms with Gasteiger partial charge in [-0.2, -0.15) is 4.31 Å². The molecule has 0 aliphatic carbocycles. The molecule has 1 fully saturated rings. The number of unbranched alkanes of at least 4 members (excludes halogenated alkanes) is 2. The zero-order valence-corrected chi connectivity index (χ0v) is 56.2. The zero-order chi connectivity index (χ0) is 69.3. The van der Waals surface area contributed by atoms with E-state index in [0.29, 0.717) is 82.1 Å². The lowest BCUT2D eigenvalue weighted by Gasteiger charge is -2.33. The third kappa shape index (κ3) is 20.9. The Morgan fingerprint density at radius 1 is 0.887 bits per heavy atom. The van der Waals surface area contributed by atoms with Crippen LogP contribution in [-0.2, 0) is 57.1 Å². The van der Waals surface area contributed by atoms with Gasteiger partial charge in [-0.3, -0.25) is 28.6 Å². The molecule has 30 nitrogen and oxygen atoms in total. The van der Waals surface area contributed by atoms with Crippen LogP contribution >= 0.6 is 34.8 Å². The van der Waals surface area contributed by atoms with E-state index in [1.807, 2.05) is 42.5 Å². The Hall–Kier alpha value is -7.80. The first-order valence-electron chi connectivity index (χ1n) is 31.1. The molecule has 0 radical (unpaired) electrons. The number of nitrogens with zero attached hydrogens (tertiary/aromatic N) is 3. The SMILES string of the molecule is C=CCOC(COc1cccc(C(=O)NCCCCCNC(=O)CCCNC(=O)c2ccccc2-c2c(-c3nc4ccccc4s3)c(=O)oc3cc4c(cc23)CCCN4CC)c1)OCC(=O)NC/C=C/C1=CN([C@H]2CC[C@@H](COP(=O)([O-])OP(=O)(O)OP(=O)(O)O)O2)C(=O)NC1N. The van der Waals surface area contributed by atoms with Gasteiger partial charge in [0.1, 0.15) is 47.5 Å². The van der Waals surface area contributed by atoms with Gasteiger partial charge in [-0.25, -0.2) is 28.0 Å². The molecule has 4 unspecified atom stereocenters. The van der Waals surface area contributed by atoms with Crippen LogP contribution in [0.15, 0.2) is 131 Å². The molecular weight excluding hydrogens is 1340 g/mol. The fraction of sp³-hybridized carbons (Fsp3) is 0.381. The summed E-state index contributed by atoms with van der Waals surface area (Å²) in [6.45, 7) is 7.20. The molecule has 0 bridgehead atoms. The Balaban J connectivity index is 0.661. The second-order valence-corrected chi connectivity index (χ2v) is 27.8. The number of fused-ring (bicyclic) bond motifs is 3. The largest absolute Gasteiger partial charge is 0.756 e. The molecule has 5 heterocycles. The van der Waals surface area contributed by atoms with Gasteiger partial charge in [-0.05, 0) is 112 Å². The number of urea groups is 1. The van der Waals surface area contributed by atoms with E-state index in [1.165, 1.54) is 29.7 Å². The van der Waals surface area contributed by atoms with Crippen LogP contribution in [0.4, 0.5) is 10.5 Å². The quantitative estimate of drug-likeness (QED) is 0.00653. The first-order chi connectivity index (χ1) is 46.5. The number of hydrogen-bond donors (Lipinski definition) is 9. The number of hydrogen-bond acceptors (Lipinski definition) is 22. The number of amides is 6. The number of carbonyl (C=O) groups excluding carboxylic acids is 5. The van der Waals surface area contributed by atoms with Crippen molar-refractivity contribution in [1.82, 2.24) is 36.5 Å². The molecule has 6 aromatic rings. The van der Waals surface area contributed by atoms with Gasteiger partial charge in [0.05, 0.1) is 29.5 Å². The minimum Gasteiger partial charge on any atom is -0.756 e. The minimum absolute atomic E-state index is 0.00206. The highest BCUT2D eigenvalue weighted by Gasteiger charge is 2.39. The summed E-state index contributed by atoms with van der Waals surface area (Å²) in [6.07, 6.45) is 6.83. The van der Waals surface area contributed by atoms with E-state index in [1.54, 1.807) is 42.5 Å². The van der Waals surface area contributed by atoms with Gasteiger partial charge in [0.2, 0.25) is 11.8 Å². The molecule has 6 atom stereocenters. The summed E-state index contributed by atoms with van der Waals surface area (Å²) in [7, 11) is -17.0. The van der Waals surface area contributed by atoms with Crippen molar-refractivity contribution in [3.05, 3.63) is 149 Å². The topological polar surface area (TPSA) is 421 Å². The highest BCUT2D eigenvalue weighted by Crippen LogP contribution is 2.65. The van der Waals surface area contributed by atoms with Crippen molar-refractivity contribution in [2.75, 3.05) is 70.6 Å². The molecule has 4 aromatic carbocycles. The number of aryl methyl sites for hydroxylation is 1. The maximum atomic E-state index is 14.2. The summed E-state index contributed by atoms with van der Waals surface area (Å²) in [5.74, 6) is -1.03. The van der Waals surface area contributed by atoms with Crippen molar-refractivity contribution in [3.63, 3.8) is 0 Å². The lowest BCUT2D eigenvalue weighted by atomic mass is 9.90. The van der Waals surface area contributed by atoms with Gasteiger partial charge < -0.3 is 84.7 Å². The molecule has 3 aliphatic heterocycles. The third-order valence-electron chi connectivity index (χ3n) is 15.4. The highest BCUT2D eigenvalue weighted by molar-refractivity contribution is 7.66. The molecule has 2 aromatic heterocycles. The van der Waals surface area contributed by atoms with E-state index in [0.717, 1.165) is 64.1 Å². The van der Waals surface area contributed by atoms with Crippen molar-refractivity contribution in [2.24, 2.45) is 5.73 Å². The molecule has 0 spiro atoms. The molecule has 0 saturated carbocycles. The lowest BCUT2D eigenvalue weighted by molar-refractivity contribution is -0.220. The summed E-state index contributed by atoms with van der Waals surface area (Å²) < 4.78 is 76.3. The van der Waals surface area contributed by atoms with E-state index in [4.69, 9.17) is 43.9 Å². The number of phosphoric ester groups is 1. The van der Waals surface area contributed by atoms with Crippen molar-refractivity contribution in [3.8, 4) is 27.4 Å². The summed E-state index contributed by atoms with van der Waals surface area (Å²) >= 11 is 1.39. The molecule has 34 heteroatoms. The lowest BCUT2D eigenvalue weighted by Crippen LogP contribution is -2.54. The van der Waals surface area contributed by atoms with Gasteiger partial charge >= 0.3 is 27.3 Å². The molecule has 6 amide bonds. The Morgan fingerprint density at radius 2 is 1.65 bits per heavy atom. The monoisotopic (exact) mass is 1420 g/mol. The standard InChI is InChI=1S/C63H76N9O21P3S/c1-3-32-86-55(88-38-53(74)66-29-13-17-42-36-72(63(78)70-58(42)64)54-26-25-44(90-54)37-89-95(82,83)93-96(84,85)92-94(79,80)81)39-87-43-19-12-16-41(33-43)59(75)67-28-11-5-10-27-65-52(73)24-14-30-68-60(76)46-21-7-6-20-45(46)56-47-34-40-18-15-31-71(4-2)49(40)35-50(47)91-62(77)57(56)61-69-48-22-8-9-23-51(48)97-61/h3,6-9,12-13,16-17,19-23,33-36,44,54-55,58H,1,4-5,10-11,14-15,18,24-32,37-39,64H2,2H3,(H,65,73)(H,66,74)(H,67,75)(H,68,76)(H,70,78)(H,82,83)(H,84,85)(H2,79,80,81)/p-1/b17-13+/t44-,54+,55?,58?/m0/s1. The summed E-state index contributed by atoms with van der Waals surface area (Å²) in [6, 6.07) is 24.7. The van der Waals surface area contributed by atoms with Crippen molar-refractivity contribution >= 4 is 91.3 Å². The van der Waals surface area contributed by atoms with E-state index in [2.05, 4.69) is 64.2 Å². The summed E-state index contributed by atoms with van der Waals surface area (Å²) in [4.78, 5) is 127. The number of phosphoric acid groups is 3. The second kappa shape index (κ2) is 34.1. The molecule has 9 rings (SSSR count). The van der Waals surface area contributed by atoms with Crippen LogP contribution < -0.4 is 52.5 Å². The summed E-state index contributed by atoms with van der Waals surface area (Å²) in [5.41, 5.74) is 11.4. The Morgan fingerprint density at radius 3 is 2.43 bits per heavy atom. The van der Waals surface area contributed by atoms with Crippen LogP contribution in [0.25, 0.3) is 42.9 Å². The number of aromatic nitrogens is 1. The number of ether oxygens (including phenoxy) is 4. The van der Waals surface area contributed by atoms with E-state index >= 15 is 0 Å². The number of anilines is 1. The maximum Gasteiger partial charge on any atom is 0.487 e. The number of thiazole rings is 1. The normalized spacial score (nSPS) is 18.0. The predicted molar refractivity (Wildman–Crippen MR) is 355 cm³/mol. The van der Waals surface area contributed by atoms with Crippen molar-refractivity contribution in [2.45, 2.75) is 89.5 Å². The van der Waals surface area contributed by atoms with Crippen LogP contribution in [0.2, 0.25) is 0 Å². The van der Waals surface area contributed by atoms with E-state index in [-0.39, 0.29) is 63.3 Å². The van der Waals surface area contributed by atoms with Crippen LogP contribution in [0.5, 0.6) is 5.75 Å². The highest BCUT2D eigenvalue weighted by atomic mass is 32.1. The molecule has 1 saturated heterocycles. The van der Waals surface area contributed by atoms with E-state index in [9.17, 15) is 52.2 Å². The fourth-order valence-corrected chi connectivity index (χ4v) is 14.9. The number of rotatable bonds is 35. The number of nitrogens with one attached hydrogen (secondary N) is 5. The zero-order valence-electron chi connectivity index (χ0n) is 52.7. The van der Waals surface area contributed by atoms with Crippen molar-refractivity contribution in [1.29, 1.82) is 0 Å². The summed E-state index contributed by atoms with van der Waals surface area (Å²) in [5, 5.41) is 15.2. The first-order valence-corrected chi connectivity index (χ1v) is 36.4. The van der Waals surface area contributed by atoms with Crippen LogP contribution in [0.1, 0.15) is 84.6 Å². The predicted octanol–water partition coefficient (Wildman–Crippen LogP) is 6.74. The molecule has 3 aliphatic rings. The molecular formula is C63H75N9O21P3S-. The van der Waals surface area contributed by atoms with Gasteiger partial charge in [-0.1, -0.05) is 54.6 Å². The van der Waals surface area contributed by atoms with Crippen LogP contribution in [-0.4, -0.2) is 145 Å². The van der Waals surface area contributed by atoms with Gasteiger partial charge in [-0.15, -0.1) is 17.9 Å². The van der Waals surface area contributed by atoms with Gasteiger partial charge in [0, 0.05) is 91.3 Å². The van der Waals surface area contributed by atoms with Crippen LogP contribution in [0.3, 0.4) is 0 Å². The second-order valence-electron chi connectivity index (χ2n) is 22.4. The Kier molecular flexibility index (Phi) is 25.8. The van der Waals surface area contributed by atoms with E-state index < -0.39 is 79.0 Å². The molecule has 520 valence electrons.